The summed E-state index contributed by atoms with van der Waals surface area (Å²) >= 11 is 0. The Kier molecular flexibility index (Phi) is 5.67. The van der Waals surface area contributed by atoms with Gasteiger partial charge in [0.1, 0.15) is 0 Å². The highest BCUT2D eigenvalue weighted by molar-refractivity contribution is 5.63. The molecule has 0 aliphatic rings. The highest BCUT2D eigenvalue weighted by Gasteiger charge is 2.12. The smallest absolute Gasteiger partial charge is 0.0441 e. The maximum atomic E-state index is 2.29. The summed E-state index contributed by atoms with van der Waals surface area (Å²) in [5.74, 6) is 0. The summed E-state index contributed by atoms with van der Waals surface area (Å²) in [6.07, 6.45) is 13.3. The van der Waals surface area contributed by atoms with Crippen molar-refractivity contribution in [3.63, 3.8) is 0 Å². The zero-order chi connectivity index (χ0) is 17.1. The topological polar surface area (TPSA) is 4.93 Å². The summed E-state index contributed by atoms with van der Waals surface area (Å²) in [5, 5.41) is 0. The highest BCUT2D eigenvalue weighted by atomic mass is 15.0. The van der Waals surface area contributed by atoms with E-state index >= 15 is 0 Å². The number of allylic oxidation sites excluding steroid dienone is 4. The Morgan fingerprint density at radius 1 is 0.682 bits per heavy atom. The summed E-state index contributed by atoms with van der Waals surface area (Å²) in [5.41, 5.74) is 5.73. The first-order valence-electron chi connectivity index (χ1n) is 8.13. The quantitative estimate of drug-likeness (QED) is 0.576. The lowest BCUT2D eigenvalue weighted by atomic mass is 9.95. The standard InChI is InChI=1S/C21H33N/c1-16-17(2)19(13-15-21(6,7)8)22(9)18(16)12-10-11-14-20(3,4)5/h10-15H,1-9H3/b12-10+,14-11+,15-13+. The van der Waals surface area contributed by atoms with Gasteiger partial charge in [-0.1, -0.05) is 65.8 Å². The van der Waals surface area contributed by atoms with E-state index in [2.05, 4.69) is 103 Å². The molecule has 0 unspecified atom stereocenters. The lowest BCUT2D eigenvalue weighted by Gasteiger charge is -2.11. The first-order chi connectivity index (χ1) is 9.92. The summed E-state index contributed by atoms with van der Waals surface area (Å²) in [4.78, 5) is 0. The van der Waals surface area contributed by atoms with Crippen LogP contribution in [-0.4, -0.2) is 4.57 Å². The van der Waals surface area contributed by atoms with Crippen LogP contribution >= 0.6 is 0 Å². The van der Waals surface area contributed by atoms with Gasteiger partial charge in [0, 0.05) is 18.4 Å². The summed E-state index contributed by atoms with van der Waals surface area (Å²) in [6.45, 7) is 17.7. The van der Waals surface area contributed by atoms with E-state index in [1.54, 1.807) is 0 Å². The molecule has 1 aromatic rings. The van der Waals surface area contributed by atoms with Crippen LogP contribution in [0.1, 0.15) is 64.1 Å². The third-order valence-electron chi connectivity index (χ3n) is 3.76. The lowest BCUT2D eigenvalue weighted by Crippen LogP contribution is -2.00. The van der Waals surface area contributed by atoms with Crippen LogP contribution < -0.4 is 0 Å². The molecular weight excluding hydrogens is 266 g/mol. The molecule has 0 saturated carbocycles. The van der Waals surface area contributed by atoms with Gasteiger partial charge >= 0.3 is 0 Å². The molecule has 0 atom stereocenters. The van der Waals surface area contributed by atoms with Crippen molar-refractivity contribution in [1.29, 1.82) is 0 Å². The van der Waals surface area contributed by atoms with Crippen LogP contribution in [-0.2, 0) is 7.05 Å². The van der Waals surface area contributed by atoms with Gasteiger partial charge in [-0.25, -0.2) is 0 Å². The number of rotatable bonds is 3. The zero-order valence-electron chi connectivity index (χ0n) is 15.9. The fraction of sp³-hybridized carbons (Fsp3) is 0.524. The van der Waals surface area contributed by atoms with Crippen molar-refractivity contribution in [2.24, 2.45) is 17.9 Å². The van der Waals surface area contributed by atoms with Crippen molar-refractivity contribution in [3.8, 4) is 0 Å². The molecule has 1 heteroatoms. The summed E-state index contributed by atoms with van der Waals surface area (Å²) in [6, 6.07) is 0. The molecule has 1 nitrogen and oxygen atoms in total. The van der Waals surface area contributed by atoms with Crippen molar-refractivity contribution in [2.75, 3.05) is 0 Å². The van der Waals surface area contributed by atoms with Crippen LogP contribution in [0.3, 0.4) is 0 Å². The van der Waals surface area contributed by atoms with Gasteiger partial charge in [0.25, 0.3) is 0 Å². The van der Waals surface area contributed by atoms with Crippen LogP contribution in [0.5, 0.6) is 0 Å². The summed E-state index contributed by atoms with van der Waals surface area (Å²) < 4.78 is 2.29. The third kappa shape index (κ3) is 5.36. The Hall–Kier alpha value is -1.50. The van der Waals surface area contributed by atoms with Gasteiger partial charge in [-0.15, -0.1) is 0 Å². The monoisotopic (exact) mass is 299 g/mol. The third-order valence-corrected chi connectivity index (χ3v) is 3.76. The maximum Gasteiger partial charge on any atom is 0.0441 e. The molecule has 0 N–H and O–H groups in total. The van der Waals surface area contributed by atoms with Gasteiger partial charge in [0.15, 0.2) is 0 Å². The first kappa shape index (κ1) is 18.5. The molecule has 0 bridgehead atoms. The zero-order valence-corrected chi connectivity index (χ0v) is 15.9. The largest absolute Gasteiger partial charge is 0.344 e. The Bertz CT molecular complexity index is 593. The minimum atomic E-state index is 0.204. The van der Waals surface area contributed by atoms with E-state index in [9.17, 15) is 0 Å². The van der Waals surface area contributed by atoms with Gasteiger partial charge in [0.2, 0.25) is 0 Å². The summed E-state index contributed by atoms with van der Waals surface area (Å²) in [7, 11) is 2.15. The molecule has 122 valence electrons. The number of nitrogens with zero attached hydrogens (tertiary/aromatic N) is 1. The predicted molar refractivity (Wildman–Crippen MR) is 101 cm³/mol. The molecule has 1 heterocycles. The normalized spacial score (nSPS) is 14.0. The molecule has 0 amide bonds. The first-order valence-corrected chi connectivity index (χ1v) is 8.13. The molecule has 22 heavy (non-hydrogen) atoms. The molecule has 0 aliphatic carbocycles. The molecule has 1 aromatic heterocycles. The molecule has 0 radical (unpaired) electrons. The van der Waals surface area contributed by atoms with E-state index in [0.29, 0.717) is 0 Å². The minimum absolute atomic E-state index is 0.204. The number of aromatic nitrogens is 1. The molecule has 0 saturated heterocycles. The number of hydrogen-bond acceptors (Lipinski definition) is 0. The van der Waals surface area contributed by atoms with E-state index in [0.717, 1.165) is 0 Å². The van der Waals surface area contributed by atoms with E-state index in [-0.39, 0.29) is 10.8 Å². The predicted octanol–water partition coefficient (Wildman–Crippen LogP) is 6.32. The molecular formula is C21H33N. The molecule has 0 aromatic carbocycles. The SMILES string of the molecule is Cc1c(C)c(/C=C/C(C)(C)C)n(C)c1/C=C/C=C/C(C)(C)C. The van der Waals surface area contributed by atoms with Gasteiger partial charge in [-0.05, 0) is 48.0 Å². The van der Waals surface area contributed by atoms with Crippen molar-refractivity contribution < 1.29 is 0 Å². The van der Waals surface area contributed by atoms with Crippen molar-refractivity contribution in [2.45, 2.75) is 55.4 Å². The highest BCUT2D eigenvalue weighted by Crippen LogP contribution is 2.25. The van der Waals surface area contributed by atoms with E-state index in [1.807, 2.05) is 0 Å². The average Bonchev–Trinajstić information content (AvgIpc) is 2.53. The second-order valence-corrected chi connectivity index (χ2v) is 8.36. The minimum Gasteiger partial charge on any atom is -0.344 e. The van der Waals surface area contributed by atoms with Gasteiger partial charge in [-0.2, -0.15) is 0 Å². The van der Waals surface area contributed by atoms with Crippen LogP contribution in [0.4, 0.5) is 0 Å². The lowest BCUT2D eigenvalue weighted by molar-refractivity contribution is 0.544. The average molecular weight is 300 g/mol. The van der Waals surface area contributed by atoms with Gasteiger partial charge < -0.3 is 4.57 Å². The Balaban J connectivity index is 3.11. The molecule has 1 rings (SSSR count). The van der Waals surface area contributed by atoms with E-state index in [1.165, 1.54) is 22.5 Å². The van der Waals surface area contributed by atoms with Crippen LogP contribution in [0.15, 0.2) is 24.3 Å². The van der Waals surface area contributed by atoms with Crippen molar-refractivity contribution in [1.82, 2.24) is 4.57 Å². The van der Waals surface area contributed by atoms with Crippen molar-refractivity contribution >= 4 is 12.2 Å². The van der Waals surface area contributed by atoms with Crippen LogP contribution in [0, 0.1) is 24.7 Å². The fourth-order valence-electron chi connectivity index (χ4n) is 2.31. The molecule has 0 fully saturated rings. The van der Waals surface area contributed by atoms with Crippen molar-refractivity contribution in [3.05, 3.63) is 46.8 Å². The van der Waals surface area contributed by atoms with E-state index < -0.39 is 0 Å². The number of hydrogen-bond donors (Lipinski definition) is 0. The fourth-order valence-corrected chi connectivity index (χ4v) is 2.31. The Morgan fingerprint density at radius 2 is 1.14 bits per heavy atom. The maximum absolute atomic E-state index is 2.29. The van der Waals surface area contributed by atoms with Crippen LogP contribution in [0.25, 0.3) is 12.2 Å². The second kappa shape index (κ2) is 6.73. The van der Waals surface area contributed by atoms with Gasteiger partial charge in [0.05, 0.1) is 0 Å². The second-order valence-electron chi connectivity index (χ2n) is 8.36. The van der Waals surface area contributed by atoms with Gasteiger partial charge in [-0.3, -0.25) is 0 Å². The Morgan fingerprint density at radius 3 is 1.59 bits per heavy atom. The molecule has 0 aliphatic heterocycles. The van der Waals surface area contributed by atoms with Crippen LogP contribution in [0.2, 0.25) is 0 Å². The molecule has 0 spiro atoms. The Labute approximate surface area is 137 Å². The van der Waals surface area contributed by atoms with E-state index in [4.69, 9.17) is 0 Å².